The molecule has 0 amide bonds. The van der Waals surface area contributed by atoms with Gasteiger partial charge in [-0.25, -0.2) is 0 Å². The zero-order chi connectivity index (χ0) is 10.4. The van der Waals surface area contributed by atoms with E-state index in [1.54, 1.807) is 0 Å². The summed E-state index contributed by atoms with van der Waals surface area (Å²) in [6.07, 6.45) is 1.81. The van der Waals surface area contributed by atoms with Crippen LogP contribution in [-0.4, -0.2) is 17.6 Å². The summed E-state index contributed by atoms with van der Waals surface area (Å²) in [6.45, 7) is 0. The molecule has 0 unspecified atom stereocenters. The molecule has 5 heteroatoms. The number of hydrogen-bond donors (Lipinski definition) is 0. The molecule has 0 aliphatic rings. The first-order chi connectivity index (χ1) is 6.70. The molecule has 2 rings (SSSR count). The number of nitrogens with zero attached hydrogens (tertiary/aromatic N) is 1. The van der Waals surface area contributed by atoms with E-state index < -0.39 is 10.6 Å². The van der Waals surface area contributed by atoms with Gasteiger partial charge in [-0.2, -0.15) is 0 Å². The number of para-hydroxylation sites is 1. The van der Waals surface area contributed by atoms with Gasteiger partial charge in [0.2, 0.25) is 0 Å². The second-order valence-electron chi connectivity index (χ2n) is 2.40. The highest BCUT2D eigenvalue weighted by molar-refractivity contribution is 7.59. The molecule has 0 saturated heterocycles. The smallest absolute Gasteiger partial charge is 0.256 e. The lowest BCUT2D eigenvalue weighted by Gasteiger charge is -1.91. The quantitative estimate of drug-likeness (QED) is 0.654. The maximum absolute atomic E-state index is 8.44. The summed E-state index contributed by atoms with van der Waals surface area (Å²) in [5.41, 5.74) is 1.06. The molecule has 0 atom stereocenters. The Morgan fingerprint density at radius 1 is 0.929 bits per heavy atom. The van der Waals surface area contributed by atoms with Gasteiger partial charge in [0, 0.05) is 11.6 Å². The molecule has 1 aromatic heterocycles. The standard InChI is InChI=1S/C9H7N.O3S/c1-2-6-9-8(4-1)5-3-7-10-9;1-4(2)3/h1-7H;. The SMILES string of the molecule is O=S(=O)=O.c1ccc2ncccc2c1. The van der Waals surface area contributed by atoms with Gasteiger partial charge in [-0.3, -0.25) is 4.98 Å². The minimum atomic E-state index is -3.11. The maximum Gasteiger partial charge on any atom is 0.425 e. The summed E-state index contributed by atoms with van der Waals surface area (Å²) < 4.78 is 25.3. The van der Waals surface area contributed by atoms with Crippen molar-refractivity contribution in [3.8, 4) is 0 Å². The van der Waals surface area contributed by atoms with Crippen molar-refractivity contribution in [2.75, 3.05) is 0 Å². The van der Waals surface area contributed by atoms with Crippen LogP contribution in [0.4, 0.5) is 0 Å². The Morgan fingerprint density at radius 3 is 2.14 bits per heavy atom. The molecule has 14 heavy (non-hydrogen) atoms. The molecule has 0 N–H and O–H groups in total. The van der Waals surface area contributed by atoms with Gasteiger partial charge in [0.05, 0.1) is 5.52 Å². The van der Waals surface area contributed by atoms with Crippen molar-refractivity contribution in [3.05, 3.63) is 42.6 Å². The summed E-state index contributed by atoms with van der Waals surface area (Å²) in [7, 11) is -3.11. The first-order valence-electron chi connectivity index (χ1n) is 3.76. The third-order valence-electron chi connectivity index (χ3n) is 1.51. The van der Waals surface area contributed by atoms with Crippen LogP contribution in [0.15, 0.2) is 42.6 Å². The lowest BCUT2D eigenvalue weighted by atomic mass is 10.2. The van der Waals surface area contributed by atoms with Crippen LogP contribution in [0, 0.1) is 0 Å². The summed E-state index contributed by atoms with van der Waals surface area (Å²) in [5, 5.41) is 1.20. The van der Waals surface area contributed by atoms with E-state index in [-0.39, 0.29) is 0 Å². The lowest BCUT2D eigenvalue weighted by Crippen LogP contribution is -1.73. The average molecular weight is 209 g/mol. The van der Waals surface area contributed by atoms with Crippen molar-refractivity contribution in [2.45, 2.75) is 0 Å². The highest BCUT2D eigenvalue weighted by Gasteiger charge is 1.86. The van der Waals surface area contributed by atoms with E-state index in [1.165, 1.54) is 5.39 Å². The molecule has 4 nitrogen and oxygen atoms in total. The Kier molecular flexibility index (Phi) is 3.75. The summed E-state index contributed by atoms with van der Waals surface area (Å²) in [5.74, 6) is 0. The van der Waals surface area contributed by atoms with Crippen molar-refractivity contribution in [2.24, 2.45) is 0 Å². The topological polar surface area (TPSA) is 64.1 Å². The minimum Gasteiger partial charge on any atom is -0.256 e. The molecule has 1 aromatic carbocycles. The van der Waals surface area contributed by atoms with E-state index in [1.807, 2.05) is 30.5 Å². The first-order valence-corrected chi connectivity index (χ1v) is 4.76. The number of aromatic nitrogens is 1. The Bertz CT molecular complexity index is 449. The zero-order valence-corrected chi connectivity index (χ0v) is 7.94. The van der Waals surface area contributed by atoms with Gasteiger partial charge in [0.1, 0.15) is 0 Å². The van der Waals surface area contributed by atoms with Crippen LogP contribution in [0.2, 0.25) is 0 Å². The molecule has 0 saturated carbocycles. The molecule has 72 valence electrons. The molecule has 2 aromatic rings. The monoisotopic (exact) mass is 209 g/mol. The van der Waals surface area contributed by atoms with Crippen LogP contribution in [0.1, 0.15) is 0 Å². The third kappa shape index (κ3) is 3.32. The van der Waals surface area contributed by atoms with Crippen LogP contribution < -0.4 is 0 Å². The van der Waals surface area contributed by atoms with Crippen LogP contribution in [0.25, 0.3) is 10.9 Å². The van der Waals surface area contributed by atoms with Gasteiger partial charge in [-0.1, -0.05) is 24.3 Å². The van der Waals surface area contributed by atoms with Gasteiger partial charge < -0.3 is 0 Å². The summed E-state index contributed by atoms with van der Waals surface area (Å²) >= 11 is 0. The van der Waals surface area contributed by atoms with E-state index in [0.29, 0.717) is 0 Å². The highest BCUT2D eigenvalue weighted by atomic mass is 32.2. The molecule has 0 bridgehead atoms. The molecule has 0 aliphatic carbocycles. The molecule has 0 radical (unpaired) electrons. The van der Waals surface area contributed by atoms with Crippen LogP contribution in [-0.2, 0) is 10.6 Å². The molecular formula is C9H7NO3S. The fourth-order valence-corrected chi connectivity index (χ4v) is 1.02. The largest absolute Gasteiger partial charge is 0.425 e. The van der Waals surface area contributed by atoms with Crippen molar-refractivity contribution in [3.63, 3.8) is 0 Å². The Balaban J connectivity index is 0.000000213. The maximum atomic E-state index is 8.44. The van der Waals surface area contributed by atoms with Crippen molar-refractivity contribution >= 4 is 21.5 Å². The van der Waals surface area contributed by atoms with Gasteiger partial charge in [-0.15, -0.1) is 12.6 Å². The third-order valence-corrected chi connectivity index (χ3v) is 1.51. The average Bonchev–Trinajstić information content (AvgIpc) is 2.17. The Labute approximate surface area is 82.3 Å². The lowest BCUT2D eigenvalue weighted by molar-refractivity contribution is 0.559. The van der Waals surface area contributed by atoms with Crippen LogP contribution >= 0.6 is 0 Å². The van der Waals surface area contributed by atoms with Crippen molar-refractivity contribution in [1.29, 1.82) is 0 Å². The van der Waals surface area contributed by atoms with Gasteiger partial charge in [-0.05, 0) is 12.1 Å². The minimum absolute atomic E-state index is 1.06. The zero-order valence-electron chi connectivity index (χ0n) is 7.12. The number of pyridine rings is 1. The predicted molar refractivity (Wildman–Crippen MR) is 51.4 cm³/mol. The fourth-order valence-electron chi connectivity index (χ4n) is 1.02. The van der Waals surface area contributed by atoms with E-state index in [0.717, 1.165) is 5.52 Å². The number of hydrogen-bond acceptors (Lipinski definition) is 4. The number of benzene rings is 1. The van der Waals surface area contributed by atoms with E-state index in [9.17, 15) is 0 Å². The number of rotatable bonds is 0. The number of fused-ring (bicyclic) bond motifs is 1. The molecule has 0 aliphatic heterocycles. The van der Waals surface area contributed by atoms with E-state index in [2.05, 4.69) is 17.1 Å². The first kappa shape index (κ1) is 10.3. The summed E-state index contributed by atoms with van der Waals surface area (Å²) in [6, 6.07) is 12.1. The predicted octanol–water partition coefficient (Wildman–Crippen LogP) is 1.23. The molecule has 0 fully saturated rings. The Morgan fingerprint density at radius 2 is 1.50 bits per heavy atom. The van der Waals surface area contributed by atoms with E-state index >= 15 is 0 Å². The normalized spacial score (nSPS) is 8.86. The van der Waals surface area contributed by atoms with Crippen molar-refractivity contribution in [1.82, 2.24) is 4.98 Å². The van der Waals surface area contributed by atoms with E-state index in [4.69, 9.17) is 12.6 Å². The van der Waals surface area contributed by atoms with Crippen LogP contribution in [0.3, 0.4) is 0 Å². The molecule has 1 heterocycles. The van der Waals surface area contributed by atoms with Crippen molar-refractivity contribution < 1.29 is 12.6 Å². The van der Waals surface area contributed by atoms with Gasteiger partial charge in [0.25, 0.3) is 0 Å². The summed E-state index contributed by atoms with van der Waals surface area (Å²) in [4.78, 5) is 4.18. The second kappa shape index (κ2) is 5.08. The Hall–Kier alpha value is -1.75. The highest BCUT2D eigenvalue weighted by Crippen LogP contribution is 2.07. The molecule has 0 spiro atoms. The van der Waals surface area contributed by atoms with Crippen LogP contribution in [0.5, 0.6) is 0 Å². The van der Waals surface area contributed by atoms with Gasteiger partial charge >= 0.3 is 10.6 Å². The molecular weight excluding hydrogens is 202 g/mol. The fraction of sp³-hybridized carbons (Fsp3) is 0. The second-order valence-corrected chi connectivity index (χ2v) is 2.81. The van der Waals surface area contributed by atoms with Gasteiger partial charge in [0.15, 0.2) is 0 Å².